The Kier molecular flexibility index (Phi) is 2.79. The Morgan fingerprint density at radius 3 is 3.08 bits per heavy atom. The van der Waals surface area contributed by atoms with Crippen molar-refractivity contribution in [1.82, 2.24) is 14.9 Å². The van der Waals surface area contributed by atoms with Crippen LogP contribution in [0, 0.1) is 5.92 Å². The van der Waals surface area contributed by atoms with Crippen LogP contribution in [0.15, 0.2) is 6.33 Å². The van der Waals surface area contributed by atoms with Crippen molar-refractivity contribution in [2.75, 3.05) is 0 Å². The van der Waals surface area contributed by atoms with Gasteiger partial charge in [-0.15, -0.1) is 5.10 Å². The number of hydrogen-bond donors (Lipinski definition) is 0. The van der Waals surface area contributed by atoms with Gasteiger partial charge in [-0.25, -0.2) is 4.98 Å². The molecule has 0 aliphatic rings. The highest BCUT2D eigenvalue weighted by Crippen LogP contribution is 2.02. The molecule has 0 saturated heterocycles. The van der Waals surface area contributed by atoms with Crippen molar-refractivity contribution in [3.8, 4) is 0 Å². The molecular formula is C7H11N3O2. The summed E-state index contributed by atoms with van der Waals surface area (Å²) in [7, 11) is 0. The molecule has 0 amide bonds. The predicted octanol–water partition coefficient (Wildman–Crippen LogP) is 0.0616. The predicted molar refractivity (Wildman–Crippen MR) is 41.2 cm³/mol. The second-order valence-corrected chi connectivity index (χ2v) is 2.85. The van der Waals surface area contributed by atoms with Crippen LogP contribution in [-0.2, 0) is 11.2 Å². The van der Waals surface area contributed by atoms with Gasteiger partial charge < -0.3 is 4.84 Å². The second kappa shape index (κ2) is 3.85. The van der Waals surface area contributed by atoms with Gasteiger partial charge in [0.2, 0.25) is 0 Å². The second-order valence-electron chi connectivity index (χ2n) is 2.85. The summed E-state index contributed by atoms with van der Waals surface area (Å²) in [6.45, 7) is 4.44. The molecule has 0 spiro atoms. The zero-order valence-electron chi connectivity index (χ0n) is 7.10. The SMILES string of the molecule is CC(C)Cc1ncnn1OC=O. The van der Waals surface area contributed by atoms with Gasteiger partial charge in [-0.05, 0) is 5.92 Å². The molecule has 0 aliphatic carbocycles. The third-order valence-electron chi connectivity index (χ3n) is 1.32. The van der Waals surface area contributed by atoms with Gasteiger partial charge in [0.25, 0.3) is 0 Å². The van der Waals surface area contributed by atoms with Crippen LogP contribution >= 0.6 is 0 Å². The molecule has 1 aromatic heterocycles. The van der Waals surface area contributed by atoms with Gasteiger partial charge in [0.15, 0.2) is 5.82 Å². The lowest BCUT2D eigenvalue weighted by Crippen LogP contribution is -2.15. The standard InChI is InChI=1S/C7H11N3O2/c1-6(2)3-7-8-4-9-10(7)12-5-11/h4-6H,3H2,1-2H3. The van der Waals surface area contributed by atoms with Gasteiger partial charge in [0.05, 0.1) is 0 Å². The van der Waals surface area contributed by atoms with Crippen LogP contribution in [0.2, 0.25) is 0 Å². The van der Waals surface area contributed by atoms with Crippen LogP contribution in [0.5, 0.6) is 0 Å². The third-order valence-corrected chi connectivity index (χ3v) is 1.32. The van der Waals surface area contributed by atoms with E-state index in [0.717, 1.165) is 11.3 Å². The molecule has 0 bridgehead atoms. The Morgan fingerprint density at radius 2 is 2.50 bits per heavy atom. The molecule has 5 heteroatoms. The molecule has 0 N–H and O–H groups in total. The summed E-state index contributed by atoms with van der Waals surface area (Å²) < 4.78 is 0. The van der Waals surface area contributed by atoms with Gasteiger partial charge in [0, 0.05) is 6.42 Å². The maximum atomic E-state index is 10.00. The molecule has 12 heavy (non-hydrogen) atoms. The summed E-state index contributed by atoms with van der Waals surface area (Å²) in [6.07, 6.45) is 2.11. The summed E-state index contributed by atoms with van der Waals surface area (Å²) in [5.41, 5.74) is 0. The van der Waals surface area contributed by atoms with E-state index >= 15 is 0 Å². The Labute approximate surface area is 70.3 Å². The first kappa shape index (κ1) is 8.70. The van der Waals surface area contributed by atoms with Gasteiger partial charge in [-0.2, -0.15) is 0 Å². The molecule has 1 aromatic rings. The molecule has 0 aliphatic heterocycles. The maximum absolute atomic E-state index is 10.00. The van der Waals surface area contributed by atoms with Crippen LogP contribution in [0.25, 0.3) is 0 Å². The van der Waals surface area contributed by atoms with Crippen LogP contribution < -0.4 is 4.84 Å². The van der Waals surface area contributed by atoms with Gasteiger partial charge >= 0.3 is 6.47 Å². The van der Waals surface area contributed by atoms with E-state index in [9.17, 15) is 4.79 Å². The zero-order chi connectivity index (χ0) is 8.97. The molecule has 1 heterocycles. The lowest BCUT2D eigenvalue weighted by molar-refractivity contribution is -0.131. The lowest BCUT2D eigenvalue weighted by atomic mass is 10.1. The molecule has 0 fully saturated rings. The van der Waals surface area contributed by atoms with Gasteiger partial charge in [-0.1, -0.05) is 18.7 Å². The fourth-order valence-electron chi connectivity index (χ4n) is 0.880. The Hall–Kier alpha value is -1.39. The maximum Gasteiger partial charge on any atom is 0.323 e. The molecule has 5 nitrogen and oxygen atoms in total. The summed E-state index contributed by atoms with van der Waals surface area (Å²) in [6, 6.07) is 0. The summed E-state index contributed by atoms with van der Waals surface area (Å²) in [5.74, 6) is 1.13. The molecule has 0 radical (unpaired) electrons. The Morgan fingerprint density at radius 1 is 1.75 bits per heavy atom. The minimum atomic E-state index is 0.332. The van der Waals surface area contributed by atoms with E-state index in [4.69, 9.17) is 0 Å². The first-order chi connectivity index (χ1) is 5.74. The topological polar surface area (TPSA) is 57.0 Å². The number of carbonyl (C=O) groups excluding carboxylic acids is 1. The quantitative estimate of drug-likeness (QED) is 0.598. The minimum Gasteiger partial charge on any atom is -0.321 e. The average Bonchev–Trinajstić information content (AvgIpc) is 2.37. The van der Waals surface area contributed by atoms with E-state index in [0.29, 0.717) is 18.2 Å². The highest BCUT2D eigenvalue weighted by atomic mass is 16.7. The van der Waals surface area contributed by atoms with Crippen LogP contribution in [0.1, 0.15) is 19.7 Å². The normalized spacial score (nSPS) is 10.2. The first-order valence-corrected chi connectivity index (χ1v) is 3.73. The Bertz CT molecular complexity index is 257. The van der Waals surface area contributed by atoms with Crippen LogP contribution in [-0.4, -0.2) is 21.4 Å². The van der Waals surface area contributed by atoms with E-state index in [1.54, 1.807) is 0 Å². The number of rotatable bonds is 4. The molecule has 0 atom stereocenters. The highest BCUT2D eigenvalue weighted by molar-refractivity contribution is 5.37. The third kappa shape index (κ3) is 2.05. The van der Waals surface area contributed by atoms with E-state index in [1.807, 2.05) is 0 Å². The fourth-order valence-corrected chi connectivity index (χ4v) is 0.880. The smallest absolute Gasteiger partial charge is 0.321 e. The molecule has 1 rings (SSSR count). The van der Waals surface area contributed by atoms with Crippen molar-refractivity contribution in [3.05, 3.63) is 12.2 Å². The van der Waals surface area contributed by atoms with Crippen molar-refractivity contribution < 1.29 is 9.63 Å². The molecule has 0 saturated carbocycles. The largest absolute Gasteiger partial charge is 0.323 e. The zero-order valence-corrected chi connectivity index (χ0v) is 7.10. The molecule has 0 aromatic carbocycles. The first-order valence-electron chi connectivity index (χ1n) is 3.73. The number of nitrogens with zero attached hydrogens (tertiary/aromatic N) is 3. The van der Waals surface area contributed by atoms with Crippen molar-refractivity contribution in [2.45, 2.75) is 20.3 Å². The van der Waals surface area contributed by atoms with E-state index < -0.39 is 0 Å². The van der Waals surface area contributed by atoms with Crippen molar-refractivity contribution in [1.29, 1.82) is 0 Å². The monoisotopic (exact) mass is 169 g/mol. The van der Waals surface area contributed by atoms with E-state index in [2.05, 4.69) is 28.8 Å². The van der Waals surface area contributed by atoms with Crippen molar-refractivity contribution >= 4 is 6.47 Å². The van der Waals surface area contributed by atoms with Gasteiger partial charge in [-0.3, -0.25) is 4.79 Å². The van der Waals surface area contributed by atoms with Crippen LogP contribution in [0.4, 0.5) is 0 Å². The van der Waals surface area contributed by atoms with Crippen molar-refractivity contribution in [2.24, 2.45) is 5.92 Å². The molecule has 0 unspecified atom stereocenters. The molecular weight excluding hydrogens is 158 g/mol. The number of hydrogen-bond acceptors (Lipinski definition) is 4. The van der Waals surface area contributed by atoms with Crippen molar-refractivity contribution in [3.63, 3.8) is 0 Å². The molecule has 66 valence electrons. The summed E-state index contributed by atoms with van der Waals surface area (Å²) >= 11 is 0. The Balaban J connectivity index is 2.69. The number of aromatic nitrogens is 3. The lowest BCUT2D eigenvalue weighted by Gasteiger charge is -2.03. The number of carbonyl (C=O) groups is 1. The fraction of sp³-hybridized carbons (Fsp3) is 0.571. The summed E-state index contributed by atoms with van der Waals surface area (Å²) in [5, 5.41) is 3.71. The highest BCUT2D eigenvalue weighted by Gasteiger charge is 2.06. The average molecular weight is 169 g/mol. The minimum absolute atomic E-state index is 0.332. The van der Waals surface area contributed by atoms with Crippen LogP contribution in [0.3, 0.4) is 0 Å². The summed E-state index contributed by atoms with van der Waals surface area (Å²) in [4.78, 5) is 19.6. The van der Waals surface area contributed by atoms with E-state index in [-0.39, 0.29) is 0 Å². The van der Waals surface area contributed by atoms with E-state index in [1.165, 1.54) is 6.33 Å². The van der Waals surface area contributed by atoms with Gasteiger partial charge in [0.1, 0.15) is 6.33 Å².